The molecular formula is C9H13N5O. The highest BCUT2D eigenvalue weighted by Gasteiger charge is 2.42. The van der Waals surface area contributed by atoms with E-state index in [2.05, 4.69) is 15.4 Å². The number of carbonyl (C=O) groups is 1. The van der Waals surface area contributed by atoms with E-state index in [0.29, 0.717) is 6.54 Å². The molecule has 2 atom stereocenters. The van der Waals surface area contributed by atoms with E-state index in [0.717, 1.165) is 18.9 Å². The Morgan fingerprint density at radius 3 is 3.33 bits per heavy atom. The van der Waals surface area contributed by atoms with Crippen LogP contribution in [0.5, 0.6) is 0 Å². The summed E-state index contributed by atoms with van der Waals surface area (Å²) >= 11 is 0. The first-order chi connectivity index (χ1) is 7.27. The van der Waals surface area contributed by atoms with Gasteiger partial charge in [0.1, 0.15) is 11.8 Å². The third kappa shape index (κ3) is 1.18. The van der Waals surface area contributed by atoms with E-state index in [1.54, 1.807) is 16.1 Å². The van der Waals surface area contributed by atoms with Crippen LogP contribution in [0.1, 0.15) is 0 Å². The molecule has 6 nitrogen and oxygen atoms in total. The number of piperazine rings is 1. The van der Waals surface area contributed by atoms with Crippen LogP contribution in [0.2, 0.25) is 0 Å². The molecule has 0 bridgehead atoms. The number of nitrogens with one attached hydrogen (secondary N) is 1. The molecule has 0 aliphatic carbocycles. The lowest BCUT2D eigenvalue weighted by Crippen LogP contribution is -2.58. The third-order valence-electron chi connectivity index (χ3n) is 3.05. The highest BCUT2D eigenvalue weighted by Crippen LogP contribution is 2.24. The van der Waals surface area contributed by atoms with E-state index in [9.17, 15) is 4.79 Å². The molecule has 1 fully saturated rings. The van der Waals surface area contributed by atoms with Crippen molar-refractivity contribution in [3.8, 4) is 0 Å². The molecule has 1 saturated heterocycles. The fourth-order valence-corrected chi connectivity index (χ4v) is 2.21. The molecule has 0 spiro atoms. The molecule has 0 aromatic carbocycles. The number of aliphatic imine (C=N–C) groups is 1. The summed E-state index contributed by atoms with van der Waals surface area (Å²) in [6.45, 7) is 2.25. The molecule has 3 heterocycles. The fraction of sp³-hybridized carbons (Fsp3) is 0.667. The molecule has 0 radical (unpaired) electrons. The van der Waals surface area contributed by atoms with E-state index < -0.39 is 0 Å². The summed E-state index contributed by atoms with van der Waals surface area (Å²) in [5, 5.41) is 9.09. The molecular weight excluding hydrogens is 194 g/mol. The van der Waals surface area contributed by atoms with Crippen molar-refractivity contribution in [1.29, 1.82) is 0 Å². The molecule has 0 saturated carbocycles. The normalized spacial score (nSPS) is 33.9. The van der Waals surface area contributed by atoms with Crippen LogP contribution >= 0.6 is 0 Å². The standard InChI is InChI=1S/C9H13N5O/c1-13-8-6(4-11-13)9(15)14-3-2-10-5-7(14)12-8/h4,6,8,10H,2-3,5H2,1H3. The van der Waals surface area contributed by atoms with Gasteiger partial charge >= 0.3 is 0 Å². The minimum absolute atomic E-state index is 0.122. The Morgan fingerprint density at radius 2 is 2.47 bits per heavy atom. The second-order valence-corrected chi connectivity index (χ2v) is 3.99. The van der Waals surface area contributed by atoms with Gasteiger partial charge in [0.05, 0.1) is 6.54 Å². The maximum Gasteiger partial charge on any atom is 0.240 e. The Labute approximate surface area is 87.6 Å². The Morgan fingerprint density at radius 1 is 1.60 bits per heavy atom. The van der Waals surface area contributed by atoms with Gasteiger partial charge in [-0.1, -0.05) is 0 Å². The molecule has 0 aromatic heterocycles. The first kappa shape index (κ1) is 8.84. The van der Waals surface area contributed by atoms with Gasteiger partial charge in [-0.3, -0.25) is 14.7 Å². The lowest BCUT2D eigenvalue weighted by Gasteiger charge is -2.37. The molecule has 15 heavy (non-hydrogen) atoms. The summed E-state index contributed by atoms with van der Waals surface area (Å²) < 4.78 is 0. The molecule has 3 aliphatic heterocycles. The van der Waals surface area contributed by atoms with Crippen molar-refractivity contribution in [3.63, 3.8) is 0 Å². The molecule has 3 aliphatic rings. The summed E-state index contributed by atoms with van der Waals surface area (Å²) in [7, 11) is 1.85. The summed E-state index contributed by atoms with van der Waals surface area (Å²) in [4.78, 5) is 18.4. The average Bonchev–Trinajstić information content (AvgIpc) is 2.62. The van der Waals surface area contributed by atoms with Crippen molar-refractivity contribution < 1.29 is 4.79 Å². The van der Waals surface area contributed by atoms with Crippen LogP contribution in [0, 0.1) is 5.92 Å². The highest BCUT2D eigenvalue weighted by atomic mass is 16.2. The number of hydrazone groups is 1. The monoisotopic (exact) mass is 207 g/mol. The van der Waals surface area contributed by atoms with Crippen molar-refractivity contribution in [3.05, 3.63) is 0 Å². The van der Waals surface area contributed by atoms with Crippen LogP contribution in [0.15, 0.2) is 10.1 Å². The van der Waals surface area contributed by atoms with Gasteiger partial charge < -0.3 is 5.32 Å². The Hall–Kier alpha value is -1.43. The lowest BCUT2D eigenvalue weighted by molar-refractivity contribution is -0.131. The van der Waals surface area contributed by atoms with Gasteiger partial charge in [0, 0.05) is 26.4 Å². The number of nitrogens with zero attached hydrogens (tertiary/aromatic N) is 4. The SMILES string of the molecule is CN1N=CC2C(=O)N3CCNCC3=NC21. The summed E-state index contributed by atoms with van der Waals surface area (Å²) in [5.74, 6) is 0.807. The first-order valence-electron chi connectivity index (χ1n) is 5.13. The van der Waals surface area contributed by atoms with Crippen LogP contribution in [0.25, 0.3) is 0 Å². The highest BCUT2D eigenvalue weighted by molar-refractivity contribution is 6.08. The second kappa shape index (κ2) is 3.03. The number of rotatable bonds is 0. The van der Waals surface area contributed by atoms with Crippen molar-refractivity contribution in [2.75, 3.05) is 26.7 Å². The van der Waals surface area contributed by atoms with E-state index in [1.807, 2.05) is 7.05 Å². The van der Waals surface area contributed by atoms with Gasteiger partial charge in [-0.05, 0) is 0 Å². The summed E-state index contributed by atoms with van der Waals surface area (Å²) in [5.41, 5.74) is 0. The van der Waals surface area contributed by atoms with Crippen LogP contribution in [0.3, 0.4) is 0 Å². The van der Waals surface area contributed by atoms with E-state index in [1.165, 1.54) is 0 Å². The second-order valence-electron chi connectivity index (χ2n) is 3.99. The molecule has 1 amide bonds. The molecule has 1 N–H and O–H groups in total. The smallest absolute Gasteiger partial charge is 0.240 e. The molecule has 2 unspecified atom stereocenters. The number of amidine groups is 1. The zero-order valence-electron chi connectivity index (χ0n) is 8.55. The van der Waals surface area contributed by atoms with Gasteiger partial charge in [0.25, 0.3) is 0 Å². The zero-order chi connectivity index (χ0) is 10.4. The van der Waals surface area contributed by atoms with Crippen LogP contribution in [-0.4, -0.2) is 60.7 Å². The number of carbonyl (C=O) groups excluding carboxylic acids is 1. The van der Waals surface area contributed by atoms with Crippen LogP contribution in [-0.2, 0) is 4.79 Å². The van der Waals surface area contributed by atoms with Crippen molar-refractivity contribution in [1.82, 2.24) is 15.2 Å². The van der Waals surface area contributed by atoms with Crippen molar-refractivity contribution in [2.24, 2.45) is 16.0 Å². The minimum Gasteiger partial charge on any atom is -0.308 e. The average molecular weight is 207 g/mol. The van der Waals surface area contributed by atoms with E-state index in [-0.39, 0.29) is 18.0 Å². The van der Waals surface area contributed by atoms with E-state index >= 15 is 0 Å². The maximum absolute atomic E-state index is 12.1. The predicted octanol–water partition coefficient (Wildman–Crippen LogP) is -1.30. The van der Waals surface area contributed by atoms with Crippen molar-refractivity contribution in [2.45, 2.75) is 6.17 Å². The third-order valence-corrected chi connectivity index (χ3v) is 3.05. The van der Waals surface area contributed by atoms with Crippen molar-refractivity contribution >= 4 is 18.0 Å². The van der Waals surface area contributed by atoms with Crippen LogP contribution < -0.4 is 5.32 Å². The lowest BCUT2D eigenvalue weighted by atomic mass is 10.0. The number of fused-ring (bicyclic) bond motifs is 2. The fourth-order valence-electron chi connectivity index (χ4n) is 2.21. The number of hydrogen-bond donors (Lipinski definition) is 1. The quantitative estimate of drug-likeness (QED) is 0.537. The summed E-state index contributed by atoms with van der Waals surface area (Å²) in [6.07, 6.45) is 1.58. The molecule has 6 heteroatoms. The Balaban J connectivity index is 1.97. The topological polar surface area (TPSA) is 60.3 Å². The number of hydrogen-bond acceptors (Lipinski definition) is 5. The van der Waals surface area contributed by atoms with Crippen LogP contribution in [0.4, 0.5) is 0 Å². The van der Waals surface area contributed by atoms with Gasteiger partial charge in [-0.15, -0.1) is 0 Å². The zero-order valence-corrected chi connectivity index (χ0v) is 8.55. The Kier molecular flexibility index (Phi) is 1.79. The van der Waals surface area contributed by atoms with Gasteiger partial charge in [0.2, 0.25) is 5.91 Å². The Bertz CT molecular complexity index is 364. The maximum atomic E-state index is 12.1. The minimum atomic E-state index is -0.183. The van der Waals surface area contributed by atoms with Gasteiger partial charge in [-0.25, -0.2) is 4.99 Å². The molecule has 80 valence electrons. The van der Waals surface area contributed by atoms with Gasteiger partial charge in [0.15, 0.2) is 6.17 Å². The molecule has 0 aromatic rings. The number of amides is 1. The summed E-state index contributed by atoms with van der Waals surface area (Å²) in [6, 6.07) is 0. The van der Waals surface area contributed by atoms with Gasteiger partial charge in [-0.2, -0.15) is 5.10 Å². The predicted molar refractivity (Wildman–Crippen MR) is 55.6 cm³/mol. The largest absolute Gasteiger partial charge is 0.308 e. The molecule has 3 rings (SSSR count). The van der Waals surface area contributed by atoms with E-state index in [4.69, 9.17) is 0 Å². The first-order valence-corrected chi connectivity index (χ1v) is 5.13.